The Hall–Kier alpha value is -2.54. The van der Waals surface area contributed by atoms with Crippen LogP contribution in [0.4, 0.5) is 4.39 Å². The van der Waals surface area contributed by atoms with Gasteiger partial charge in [-0.25, -0.2) is 4.39 Å². The summed E-state index contributed by atoms with van der Waals surface area (Å²) in [5.41, 5.74) is 0.613. The molecule has 0 saturated carbocycles. The third-order valence-corrected chi connectivity index (χ3v) is 4.20. The normalized spacial score (nSPS) is 10.2. The van der Waals surface area contributed by atoms with Gasteiger partial charge in [0.25, 0.3) is 0 Å². The average Bonchev–Trinajstić information content (AvgIpc) is 3.02. The van der Waals surface area contributed by atoms with E-state index < -0.39 is 5.97 Å². The summed E-state index contributed by atoms with van der Waals surface area (Å²) in [6, 6.07) is 8.89. The summed E-state index contributed by atoms with van der Waals surface area (Å²) in [7, 11) is 0. The maximum absolute atomic E-state index is 12.8. The second kappa shape index (κ2) is 8.35. The molecule has 0 atom stereocenters. The number of thiophene rings is 1. The van der Waals surface area contributed by atoms with E-state index in [2.05, 4.69) is 5.32 Å². The number of hydrogen-bond donors (Lipinski definition) is 1. The van der Waals surface area contributed by atoms with Crippen LogP contribution in [-0.4, -0.2) is 24.3 Å². The Kier molecular flexibility index (Phi) is 6.20. The number of halogens is 1. The van der Waals surface area contributed by atoms with Gasteiger partial charge in [-0.1, -0.05) is 12.1 Å². The predicted octanol–water partition coefficient (Wildman–Crippen LogP) is 2.49. The Morgan fingerprint density at radius 3 is 2.50 bits per heavy atom. The topological polar surface area (TPSA) is 72.5 Å². The van der Waals surface area contributed by atoms with Crippen molar-refractivity contribution in [2.45, 2.75) is 19.9 Å². The molecule has 0 unspecified atom stereocenters. The first-order valence-corrected chi connectivity index (χ1v) is 8.02. The van der Waals surface area contributed by atoms with Crippen molar-refractivity contribution in [3.05, 3.63) is 57.5 Å². The Labute approximate surface area is 142 Å². The van der Waals surface area contributed by atoms with E-state index in [0.29, 0.717) is 17.0 Å². The highest BCUT2D eigenvalue weighted by molar-refractivity contribution is 7.14. The van der Waals surface area contributed by atoms with Gasteiger partial charge in [0, 0.05) is 11.8 Å². The number of carbonyl (C=O) groups is 3. The first kappa shape index (κ1) is 17.8. The maximum Gasteiger partial charge on any atom is 0.310 e. The number of ether oxygens (including phenoxy) is 1. The van der Waals surface area contributed by atoms with E-state index in [9.17, 15) is 18.8 Å². The number of amides is 1. The number of Topliss-reactive ketones (excluding diaryl/α,β-unsaturated/α-hetero) is 1. The number of ketones is 1. The summed E-state index contributed by atoms with van der Waals surface area (Å²) in [5, 5.41) is 2.64. The molecule has 126 valence electrons. The lowest BCUT2D eigenvalue weighted by atomic mass is 10.1. The molecule has 0 radical (unpaired) electrons. The molecular weight excluding hydrogens is 333 g/mol. The molecule has 7 heteroatoms. The number of benzene rings is 1. The van der Waals surface area contributed by atoms with E-state index >= 15 is 0 Å². The monoisotopic (exact) mass is 349 g/mol. The van der Waals surface area contributed by atoms with E-state index in [1.807, 2.05) is 0 Å². The smallest absolute Gasteiger partial charge is 0.310 e. The van der Waals surface area contributed by atoms with Gasteiger partial charge < -0.3 is 10.1 Å². The fraction of sp³-hybridized carbons (Fsp3) is 0.235. The number of rotatable bonds is 7. The first-order valence-electron chi connectivity index (χ1n) is 7.20. The summed E-state index contributed by atoms with van der Waals surface area (Å²) >= 11 is 1.24. The molecule has 1 aromatic carbocycles. The Morgan fingerprint density at radius 2 is 1.83 bits per heavy atom. The highest BCUT2D eigenvalue weighted by atomic mass is 32.1. The van der Waals surface area contributed by atoms with Crippen LogP contribution in [0.1, 0.15) is 27.0 Å². The Bertz CT molecular complexity index is 739. The van der Waals surface area contributed by atoms with Crippen LogP contribution in [-0.2, 0) is 27.3 Å². The van der Waals surface area contributed by atoms with E-state index in [1.165, 1.54) is 42.5 Å². The zero-order valence-electron chi connectivity index (χ0n) is 13.0. The minimum absolute atomic E-state index is 0.0220. The molecule has 1 aromatic heterocycles. The average molecular weight is 349 g/mol. The first-order chi connectivity index (χ1) is 11.4. The quantitative estimate of drug-likeness (QED) is 0.616. The molecule has 1 heterocycles. The number of hydrogen-bond acceptors (Lipinski definition) is 5. The molecule has 2 aromatic rings. The van der Waals surface area contributed by atoms with Gasteiger partial charge in [-0.3, -0.25) is 14.4 Å². The molecule has 1 amide bonds. The molecule has 0 aliphatic rings. The molecule has 0 saturated heterocycles. The molecule has 5 nitrogen and oxygen atoms in total. The molecule has 24 heavy (non-hydrogen) atoms. The predicted molar refractivity (Wildman–Crippen MR) is 87.2 cm³/mol. The highest BCUT2D eigenvalue weighted by Gasteiger charge is 2.13. The van der Waals surface area contributed by atoms with Gasteiger partial charge in [0.2, 0.25) is 11.7 Å². The maximum atomic E-state index is 12.8. The fourth-order valence-electron chi connectivity index (χ4n) is 1.87. The SMILES string of the molecule is CC(=O)NCc1ccc(C(=O)COC(=O)Cc2ccc(F)cc2)s1. The molecule has 0 bridgehead atoms. The van der Waals surface area contributed by atoms with Crippen molar-refractivity contribution in [1.82, 2.24) is 5.32 Å². The summed E-state index contributed by atoms with van der Waals surface area (Å²) < 4.78 is 17.7. The molecule has 0 fully saturated rings. The summed E-state index contributed by atoms with van der Waals surface area (Å²) in [4.78, 5) is 35.9. The van der Waals surface area contributed by atoms with Crippen molar-refractivity contribution in [1.29, 1.82) is 0 Å². The van der Waals surface area contributed by atoms with Crippen molar-refractivity contribution in [3.63, 3.8) is 0 Å². The Morgan fingerprint density at radius 1 is 1.12 bits per heavy atom. The second-order valence-electron chi connectivity index (χ2n) is 5.06. The van der Waals surface area contributed by atoms with Gasteiger partial charge >= 0.3 is 5.97 Å². The number of carbonyl (C=O) groups excluding carboxylic acids is 3. The standard InChI is InChI=1S/C17H16FNO4S/c1-11(20)19-9-14-6-7-16(24-14)15(21)10-23-17(22)8-12-2-4-13(18)5-3-12/h2-7H,8-10H2,1H3,(H,19,20). The van der Waals surface area contributed by atoms with Gasteiger partial charge in [0.05, 0.1) is 17.8 Å². The molecule has 2 rings (SSSR count). The molecule has 1 N–H and O–H groups in total. The lowest BCUT2D eigenvalue weighted by molar-refractivity contribution is -0.141. The van der Waals surface area contributed by atoms with Crippen LogP contribution in [0.3, 0.4) is 0 Å². The van der Waals surface area contributed by atoms with Gasteiger partial charge in [-0.2, -0.15) is 0 Å². The van der Waals surface area contributed by atoms with Crippen LogP contribution in [0.15, 0.2) is 36.4 Å². The summed E-state index contributed by atoms with van der Waals surface area (Å²) in [6.45, 7) is 1.43. The zero-order chi connectivity index (χ0) is 17.5. The summed E-state index contributed by atoms with van der Waals surface area (Å²) in [6.07, 6.45) is -0.0220. The molecule has 0 aliphatic heterocycles. The zero-order valence-corrected chi connectivity index (χ0v) is 13.8. The number of esters is 1. The Balaban J connectivity index is 1.80. The van der Waals surface area contributed by atoms with Crippen LogP contribution >= 0.6 is 11.3 Å². The van der Waals surface area contributed by atoms with Crippen molar-refractivity contribution in [2.75, 3.05) is 6.61 Å². The van der Waals surface area contributed by atoms with E-state index in [1.54, 1.807) is 12.1 Å². The van der Waals surface area contributed by atoms with Crippen LogP contribution < -0.4 is 5.32 Å². The third-order valence-electron chi connectivity index (χ3n) is 3.07. The minimum Gasteiger partial charge on any atom is -0.457 e. The van der Waals surface area contributed by atoms with Crippen LogP contribution in [0, 0.1) is 5.82 Å². The van der Waals surface area contributed by atoms with Crippen molar-refractivity contribution >= 4 is 29.0 Å². The van der Waals surface area contributed by atoms with Gasteiger partial charge in [-0.15, -0.1) is 11.3 Å². The summed E-state index contributed by atoms with van der Waals surface area (Å²) in [5.74, 6) is -1.38. The van der Waals surface area contributed by atoms with Crippen LogP contribution in [0.5, 0.6) is 0 Å². The lowest BCUT2D eigenvalue weighted by Crippen LogP contribution is -2.18. The van der Waals surface area contributed by atoms with Crippen LogP contribution in [0.25, 0.3) is 0 Å². The molecule has 0 spiro atoms. The van der Waals surface area contributed by atoms with E-state index in [4.69, 9.17) is 4.74 Å². The van der Waals surface area contributed by atoms with Gasteiger partial charge in [0.1, 0.15) is 5.82 Å². The van der Waals surface area contributed by atoms with Crippen molar-refractivity contribution in [2.24, 2.45) is 0 Å². The van der Waals surface area contributed by atoms with Crippen molar-refractivity contribution < 1.29 is 23.5 Å². The van der Waals surface area contributed by atoms with E-state index in [0.717, 1.165) is 4.88 Å². The van der Waals surface area contributed by atoms with E-state index in [-0.39, 0.29) is 30.5 Å². The van der Waals surface area contributed by atoms with Gasteiger partial charge in [0.15, 0.2) is 6.61 Å². The lowest BCUT2D eigenvalue weighted by Gasteiger charge is -2.03. The largest absolute Gasteiger partial charge is 0.457 e. The molecular formula is C17H16FNO4S. The second-order valence-corrected chi connectivity index (χ2v) is 6.23. The minimum atomic E-state index is -0.551. The molecule has 0 aliphatic carbocycles. The fourth-order valence-corrected chi connectivity index (χ4v) is 2.74. The highest BCUT2D eigenvalue weighted by Crippen LogP contribution is 2.17. The van der Waals surface area contributed by atoms with Crippen LogP contribution in [0.2, 0.25) is 0 Å². The van der Waals surface area contributed by atoms with Gasteiger partial charge in [-0.05, 0) is 29.8 Å². The third kappa shape index (κ3) is 5.58. The van der Waals surface area contributed by atoms with Crippen molar-refractivity contribution in [3.8, 4) is 0 Å². The number of nitrogens with one attached hydrogen (secondary N) is 1.